The van der Waals surface area contributed by atoms with Crippen LogP contribution >= 0.6 is 0 Å². The summed E-state index contributed by atoms with van der Waals surface area (Å²) in [7, 11) is 2.16. The van der Waals surface area contributed by atoms with Crippen molar-refractivity contribution < 1.29 is 9.15 Å². The average molecular weight is 288 g/mol. The highest BCUT2D eigenvalue weighted by atomic mass is 16.5. The van der Waals surface area contributed by atoms with Crippen molar-refractivity contribution in [1.82, 2.24) is 4.90 Å². The second-order valence-electron chi connectivity index (χ2n) is 5.93. The first kappa shape index (κ1) is 14.6. The van der Waals surface area contributed by atoms with E-state index in [0.29, 0.717) is 12.5 Å². The lowest BCUT2D eigenvalue weighted by Crippen LogP contribution is -2.35. The Morgan fingerprint density at radius 3 is 2.81 bits per heavy atom. The predicted molar refractivity (Wildman–Crippen MR) is 84.2 cm³/mol. The quantitative estimate of drug-likeness (QED) is 0.919. The zero-order chi connectivity index (χ0) is 14.7. The topological polar surface area (TPSA) is 51.6 Å². The summed E-state index contributed by atoms with van der Waals surface area (Å²) in [4.78, 5) is 2.37. The molecular formula is C17H24N2O2. The Hall–Kier alpha value is -1.36. The summed E-state index contributed by atoms with van der Waals surface area (Å²) in [5.74, 6) is 0.705. The number of para-hydroxylation sites is 1. The molecule has 0 radical (unpaired) electrons. The third-order valence-corrected chi connectivity index (χ3v) is 4.51. The number of fused-ring (bicyclic) bond motifs is 1. The maximum atomic E-state index is 6.05. The molecule has 0 spiro atoms. The van der Waals surface area contributed by atoms with E-state index < -0.39 is 0 Å². The summed E-state index contributed by atoms with van der Waals surface area (Å²) in [6.07, 6.45) is 4.16. The van der Waals surface area contributed by atoms with Crippen LogP contribution in [0, 0.1) is 5.92 Å². The third-order valence-electron chi connectivity index (χ3n) is 4.51. The monoisotopic (exact) mass is 288 g/mol. The fourth-order valence-electron chi connectivity index (χ4n) is 3.26. The molecule has 4 nitrogen and oxygen atoms in total. The lowest BCUT2D eigenvalue weighted by molar-refractivity contribution is 0.0507. The number of nitrogens with two attached hydrogens (primary N) is 1. The number of rotatable bonds is 5. The molecule has 1 aromatic heterocycles. The molecule has 1 aliphatic heterocycles. The second kappa shape index (κ2) is 6.60. The van der Waals surface area contributed by atoms with Gasteiger partial charge in [0.1, 0.15) is 5.58 Å². The van der Waals surface area contributed by atoms with Crippen molar-refractivity contribution in [1.29, 1.82) is 0 Å². The van der Waals surface area contributed by atoms with E-state index in [1.165, 1.54) is 10.9 Å². The lowest BCUT2D eigenvalue weighted by atomic mass is 9.97. The van der Waals surface area contributed by atoms with Crippen LogP contribution in [0.25, 0.3) is 11.0 Å². The molecule has 1 atom stereocenters. The van der Waals surface area contributed by atoms with Gasteiger partial charge in [0.05, 0.1) is 12.3 Å². The molecule has 0 saturated carbocycles. The predicted octanol–water partition coefficient (Wildman–Crippen LogP) is 2.79. The second-order valence-corrected chi connectivity index (χ2v) is 5.93. The number of hydrogen-bond acceptors (Lipinski definition) is 4. The Bertz CT molecular complexity index is 575. The summed E-state index contributed by atoms with van der Waals surface area (Å²) in [5, 5.41) is 1.17. The third kappa shape index (κ3) is 3.12. The Kier molecular flexibility index (Phi) is 4.58. The van der Waals surface area contributed by atoms with Gasteiger partial charge in [0.2, 0.25) is 0 Å². The van der Waals surface area contributed by atoms with Crippen molar-refractivity contribution in [3.05, 3.63) is 36.1 Å². The van der Waals surface area contributed by atoms with Crippen LogP contribution in [0.3, 0.4) is 0 Å². The SMILES string of the molecule is CN(CC1CCOCC1)C(CN)c1coc2ccccc12. The summed E-state index contributed by atoms with van der Waals surface area (Å²) in [5.41, 5.74) is 8.19. The van der Waals surface area contributed by atoms with Gasteiger partial charge in [0, 0.05) is 37.3 Å². The number of ether oxygens (including phenoxy) is 1. The van der Waals surface area contributed by atoms with E-state index in [-0.39, 0.29) is 6.04 Å². The molecule has 0 aliphatic carbocycles. The summed E-state index contributed by atoms with van der Waals surface area (Å²) >= 11 is 0. The molecule has 2 aromatic rings. The highest BCUT2D eigenvalue weighted by Gasteiger charge is 2.23. The van der Waals surface area contributed by atoms with Crippen LogP contribution in [0.1, 0.15) is 24.4 Å². The van der Waals surface area contributed by atoms with Gasteiger partial charge in [-0.15, -0.1) is 0 Å². The molecule has 2 heterocycles. The Morgan fingerprint density at radius 2 is 2.05 bits per heavy atom. The van der Waals surface area contributed by atoms with Gasteiger partial charge in [-0.2, -0.15) is 0 Å². The smallest absolute Gasteiger partial charge is 0.134 e. The molecule has 1 saturated heterocycles. The lowest BCUT2D eigenvalue weighted by Gasteiger charge is -2.32. The zero-order valence-electron chi connectivity index (χ0n) is 12.6. The van der Waals surface area contributed by atoms with Gasteiger partial charge in [0.15, 0.2) is 0 Å². The highest BCUT2D eigenvalue weighted by molar-refractivity contribution is 5.81. The molecule has 1 unspecified atom stereocenters. The molecule has 1 aliphatic rings. The summed E-state index contributed by atoms with van der Waals surface area (Å²) in [6, 6.07) is 8.37. The van der Waals surface area contributed by atoms with Crippen molar-refractivity contribution >= 4 is 11.0 Å². The van der Waals surface area contributed by atoms with Crippen LogP contribution in [0.2, 0.25) is 0 Å². The molecule has 1 aromatic carbocycles. The Balaban J connectivity index is 1.77. The first-order valence-corrected chi connectivity index (χ1v) is 7.73. The van der Waals surface area contributed by atoms with E-state index in [4.69, 9.17) is 14.9 Å². The van der Waals surface area contributed by atoms with Crippen molar-refractivity contribution in [3.63, 3.8) is 0 Å². The molecule has 0 amide bonds. The van der Waals surface area contributed by atoms with Gasteiger partial charge in [-0.05, 0) is 31.9 Å². The number of benzene rings is 1. The summed E-state index contributed by atoms with van der Waals surface area (Å²) in [6.45, 7) is 3.44. The minimum atomic E-state index is 0.205. The van der Waals surface area contributed by atoms with Crippen molar-refractivity contribution in [3.8, 4) is 0 Å². The van der Waals surface area contributed by atoms with Gasteiger partial charge in [-0.25, -0.2) is 0 Å². The molecule has 21 heavy (non-hydrogen) atoms. The number of nitrogens with zero attached hydrogens (tertiary/aromatic N) is 1. The van der Waals surface area contributed by atoms with Gasteiger partial charge in [-0.3, -0.25) is 4.90 Å². The van der Waals surface area contributed by atoms with Crippen LogP contribution in [0.15, 0.2) is 34.9 Å². The van der Waals surface area contributed by atoms with Gasteiger partial charge in [-0.1, -0.05) is 18.2 Å². The molecule has 3 rings (SSSR count). The minimum Gasteiger partial charge on any atom is -0.464 e. The highest BCUT2D eigenvalue weighted by Crippen LogP contribution is 2.30. The maximum absolute atomic E-state index is 6.05. The van der Waals surface area contributed by atoms with E-state index in [1.807, 2.05) is 24.5 Å². The molecule has 0 bridgehead atoms. The standard InChI is InChI=1S/C17H24N2O2/c1-19(11-13-6-8-20-9-7-13)16(10-18)15-12-21-17-5-3-2-4-14(15)17/h2-5,12-13,16H,6-11,18H2,1H3. The van der Waals surface area contributed by atoms with E-state index >= 15 is 0 Å². The first-order chi connectivity index (χ1) is 10.3. The first-order valence-electron chi connectivity index (χ1n) is 7.73. The van der Waals surface area contributed by atoms with Crippen molar-refractivity contribution in [2.24, 2.45) is 11.7 Å². The fraction of sp³-hybridized carbons (Fsp3) is 0.529. The van der Waals surface area contributed by atoms with Crippen molar-refractivity contribution in [2.45, 2.75) is 18.9 Å². The Labute approximate surface area is 125 Å². The van der Waals surface area contributed by atoms with E-state index in [2.05, 4.69) is 18.0 Å². The number of furan rings is 1. The van der Waals surface area contributed by atoms with Crippen LogP contribution in [-0.4, -0.2) is 38.3 Å². The molecule has 114 valence electrons. The van der Waals surface area contributed by atoms with E-state index in [9.17, 15) is 0 Å². The molecule has 2 N–H and O–H groups in total. The maximum Gasteiger partial charge on any atom is 0.134 e. The van der Waals surface area contributed by atoms with Gasteiger partial charge in [0.25, 0.3) is 0 Å². The molecule has 4 heteroatoms. The molecular weight excluding hydrogens is 264 g/mol. The Morgan fingerprint density at radius 1 is 1.29 bits per heavy atom. The normalized spacial score (nSPS) is 18.4. The van der Waals surface area contributed by atoms with Crippen LogP contribution in [0.4, 0.5) is 0 Å². The number of hydrogen-bond donors (Lipinski definition) is 1. The van der Waals surface area contributed by atoms with E-state index in [1.54, 1.807) is 0 Å². The van der Waals surface area contributed by atoms with Crippen LogP contribution < -0.4 is 5.73 Å². The summed E-state index contributed by atoms with van der Waals surface area (Å²) < 4.78 is 11.1. The fourth-order valence-corrected chi connectivity index (χ4v) is 3.26. The largest absolute Gasteiger partial charge is 0.464 e. The van der Waals surface area contributed by atoms with Gasteiger partial charge >= 0.3 is 0 Å². The average Bonchev–Trinajstić information content (AvgIpc) is 2.93. The minimum absolute atomic E-state index is 0.205. The molecule has 1 fully saturated rings. The van der Waals surface area contributed by atoms with Crippen LogP contribution in [0.5, 0.6) is 0 Å². The van der Waals surface area contributed by atoms with Gasteiger partial charge < -0.3 is 14.9 Å². The number of likely N-dealkylation sites (N-methyl/N-ethyl adjacent to an activating group) is 1. The van der Waals surface area contributed by atoms with E-state index in [0.717, 1.165) is 38.2 Å². The van der Waals surface area contributed by atoms with Crippen molar-refractivity contribution in [2.75, 3.05) is 33.4 Å². The van der Waals surface area contributed by atoms with Crippen LogP contribution in [-0.2, 0) is 4.74 Å². The zero-order valence-corrected chi connectivity index (χ0v) is 12.6.